The van der Waals surface area contributed by atoms with Gasteiger partial charge in [0, 0.05) is 40.8 Å². The molecule has 0 atom stereocenters. The van der Waals surface area contributed by atoms with Gasteiger partial charge in [0.2, 0.25) is 0 Å². The first-order valence-corrected chi connectivity index (χ1v) is 6.18. The number of aromatic nitrogens is 1. The number of nitrogens with one attached hydrogen (secondary N) is 2. The molecule has 3 aromatic rings. The van der Waals surface area contributed by atoms with Crippen molar-refractivity contribution in [3.63, 3.8) is 0 Å². The molecular weight excluding hydrogens is 248 g/mol. The van der Waals surface area contributed by atoms with Crippen LogP contribution in [0.3, 0.4) is 0 Å². The van der Waals surface area contributed by atoms with Crippen LogP contribution in [0.4, 0.5) is 0 Å². The fourth-order valence-electron chi connectivity index (χ4n) is 2.04. The van der Waals surface area contributed by atoms with E-state index in [9.17, 15) is 0 Å². The van der Waals surface area contributed by atoms with E-state index >= 15 is 0 Å². The van der Waals surface area contributed by atoms with Gasteiger partial charge in [-0.05, 0) is 23.8 Å². The minimum Gasteiger partial charge on any atom is -0.472 e. The lowest BCUT2D eigenvalue weighted by Crippen LogP contribution is -2.11. The van der Waals surface area contributed by atoms with Gasteiger partial charge >= 0.3 is 0 Å². The molecule has 0 aliphatic rings. The number of hydrogen-bond acceptors (Lipinski definition) is 2. The third-order valence-corrected chi connectivity index (χ3v) is 3.19. The first-order valence-electron chi connectivity index (χ1n) is 5.80. The second-order valence-electron chi connectivity index (χ2n) is 4.24. The van der Waals surface area contributed by atoms with Crippen molar-refractivity contribution >= 4 is 22.5 Å². The predicted molar refractivity (Wildman–Crippen MR) is 72.6 cm³/mol. The molecule has 0 amide bonds. The van der Waals surface area contributed by atoms with E-state index in [0.29, 0.717) is 0 Å². The van der Waals surface area contributed by atoms with Crippen molar-refractivity contribution < 1.29 is 4.42 Å². The summed E-state index contributed by atoms with van der Waals surface area (Å²) in [5.74, 6) is 0. The number of hydrogen-bond donors (Lipinski definition) is 2. The summed E-state index contributed by atoms with van der Waals surface area (Å²) < 4.78 is 5.02. The quantitative estimate of drug-likeness (QED) is 0.751. The summed E-state index contributed by atoms with van der Waals surface area (Å²) >= 11 is 5.95. The van der Waals surface area contributed by atoms with Crippen molar-refractivity contribution in [2.45, 2.75) is 13.1 Å². The summed E-state index contributed by atoms with van der Waals surface area (Å²) in [6.45, 7) is 1.61. The fraction of sp³-hybridized carbons (Fsp3) is 0.143. The van der Waals surface area contributed by atoms with Crippen LogP contribution in [0.5, 0.6) is 0 Å². The van der Waals surface area contributed by atoms with E-state index in [1.165, 1.54) is 10.9 Å². The summed E-state index contributed by atoms with van der Waals surface area (Å²) in [4.78, 5) is 3.23. The van der Waals surface area contributed by atoms with E-state index in [1.807, 2.05) is 30.5 Å². The SMILES string of the molecule is Clc1ccc2c(CNCc3ccoc3)c[nH]c2c1. The maximum Gasteiger partial charge on any atom is 0.0947 e. The van der Waals surface area contributed by atoms with Gasteiger partial charge in [-0.1, -0.05) is 17.7 Å². The molecule has 3 nitrogen and oxygen atoms in total. The Bertz CT molecular complexity index is 643. The van der Waals surface area contributed by atoms with E-state index in [0.717, 1.165) is 29.2 Å². The fourth-order valence-corrected chi connectivity index (χ4v) is 2.21. The van der Waals surface area contributed by atoms with Crippen molar-refractivity contribution in [2.24, 2.45) is 0 Å². The summed E-state index contributed by atoms with van der Waals surface area (Å²) in [6, 6.07) is 7.86. The van der Waals surface area contributed by atoms with Gasteiger partial charge in [0.05, 0.1) is 12.5 Å². The molecule has 0 aliphatic heterocycles. The standard InChI is InChI=1S/C14H13ClN2O/c15-12-1-2-13-11(8-17-14(13)5-12)7-16-6-10-3-4-18-9-10/h1-5,8-9,16-17H,6-7H2. The van der Waals surface area contributed by atoms with Crippen LogP contribution in [0, 0.1) is 0 Å². The van der Waals surface area contributed by atoms with Crippen molar-refractivity contribution in [3.05, 3.63) is 59.1 Å². The first-order chi connectivity index (χ1) is 8.83. The number of benzene rings is 1. The van der Waals surface area contributed by atoms with Crippen LogP contribution in [-0.4, -0.2) is 4.98 Å². The van der Waals surface area contributed by atoms with Gasteiger partial charge in [-0.25, -0.2) is 0 Å². The van der Waals surface area contributed by atoms with E-state index in [-0.39, 0.29) is 0 Å². The minimum atomic E-state index is 0.752. The maximum atomic E-state index is 5.95. The van der Waals surface area contributed by atoms with Gasteiger partial charge in [0.25, 0.3) is 0 Å². The molecule has 0 fully saturated rings. The Balaban J connectivity index is 1.71. The molecule has 0 saturated heterocycles. The summed E-state index contributed by atoms with van der Waals surface area (Å²) in [5, 5.41) is 5.34. The Kier molecular flexibility index (Phi) is 3.09. The monoisotopic (exact) mass is 260 g/mol. The second-order valence-corrected chi connectivity index (χ2v) is 4.68. The van der Waals surface area contributed by atoms with Crippen LogP contribution in [0.1, 0.15) is 11.1 Å². The first kappa shape index (κ1) is 11.4. The molecule has 0 spiro atoms. The molecule has 0 unspecified atom stereocenters. The Morgan fingerprint density at radius 3 is 3.00 bits per heavy atom. The number of furan rings is 1. The van der Waals surface area contributed by atoms with Gasteiger partial charge in [-0.3, -0.25) is 0 Å². The lowest BCUT2D eigenvalue weighted by Gasteiger charge is -2.02. The van der Waals surface area contributed by atoms with Gasteiger partial charge in [0.1, 0.15) is 0 Å². The summed E-state index contributed by atoms with van der Waals surface area (Å²) in [7, 11) is 0. The van der Waals surface area contributed by atoms with Crippen LogP contribution < -0.4 is 5.32 Å². The average Bonchev–Trinajstić information content (AvgIpc) is 2.99. The Labute approximate surface area is 110 Å². The van der Waals surface area contributed by atoms with Crippen LogP contribution >= 0.6 is 11.6 Å². The van der Waals surface area contributed by atoms with Gasteiger partial charge in [0.15, 0.2) is 0 Å². The van der Waals surface area contributed by atoms with Crippen molar-refractivity contribution in [3.8, 4) is 0 Å². The van der Waals surface area contributed by atoms with Crippen LogP contribution in [0.25, 0.3) is 10.9 Å². The number of halogens is 1. The third-order valence-electron chi connectivity index (χ3n) is 2.95. The highest BCUT2D eigenvalue weighted by molar-refractivity contribution is 6.31. The van der Waals surface area contributed by atoms with Gasteiger partial charge in [-0.15, -0.1) is 0 Å². The van der Waals surface area contributed by atoms with Crippen LogP contribution in [0.15, 0.2) is 47.4 Å². The number of H-pyrrole nitrogens is 1. The lowest BCUT2D eigenvalue weighted by atomic mass is 10.2. The zero-order valence-corrected chi connectivity index (χ0v) is 10.5. The molecule has 2 heterocycles. The van der Waals surface area contributed by atoms with Gasteiger partial charge in [-0.2, -0.15) is 0 Å². The molecule has 1 aromatic carbocycles. The van der Waals surface area contributed by atoms with E-state index in [4.69, 9.17) is 16.0 Å². The Morgan fingerprint density at radius 2 is 2.17 bits per heavy atom. The van der Waals surface area contributed by atoms with Crippen LogP contribution in [-0.2, 0) is 13.1 Å². The molecule has 18 heavy (non-hydrogen) atoms. The number of rotatable bonds is 4. The lowest BCUT2D eigenvalue weighted by molar-refractivity contribution is 0.560. The molecule has 2 aromatic heterocycles. The summed E-state index contributed by atoms with van der Waals surface area (Å²) in [5.41, 5.74) is 3.46. The zero-order valence-electron chi connectivity index (χ0n) is 9.74. The van der Waals surface area contributed by atoms with E-state index in [2.05, 4.69) is 10.3 Å². The normalized spacial score (nSPS) is 11.2. The topological polar surface area (TPSA) is 41.0 Å². The molecule has 0 bridgehead atoms. The van der Waals surface area contributed by atoms with Crippen molar-refractivity contribution in [1.82, 2.24) is 10.3 Å². The molecule has 0 aliphatic carbocycles. The molecular formula is C14H13ClN2O. The van der Waals surface area contributed by atoms with Crippen molar-refractivity contribution in [2.75, 3.05) is 0 Å². The predicted octanol–water partition coefficient (Wildman–Crippen LogP) is 3.70. The second kappa shape index (κ2) is 4.88. The van der Waals surface area contributed by atoms with E-state index in [1.54, 1.807) is 12.5 Å². The minimum absolute atomic E-state index is 0.752. The third kappa shape index (κ3) is 2.28. The highest BCUT2D eigenvalue weighted by Crippen LogP contribution is 2.21. The van der Waals surface area contributed by atoms with Gasteiger partial charge < -0.3 is 14.7 Å². The molecule has 3 rings (SSSR count). The molecule has 92 valence electrons. The number of aromatic amines is 1. The Morgan fingerprint density at radius 1 is 1.22 bits per heavy atom. The number of fused-ring (bicyclic) bond motifs is 1. The highest BCUT2D eigenvalue weighted by atomic mass is 35.5. The zero-order chi connectivity index (χ0) is 12.4. The smallest absolute Gasteiger partial charge is 0.0947 e. The molecule has 2 N–H and O–H groups in total. The molecule has 4 heteroatoms. The maximum absolute atomic E-state index is 5.95. The van der Waals surface area contributed by atoms with E-state index < -0.39 is 0 Å². The summed E-state index contributed by atoms with van der Waals surface area (Å²) in [6.07, 6.45) is 5.45. The highest BCUT2D eigenvalue weighted by Gasteiger charge is 2.03. The van der Waals surface area contributed by atoms with Crippen LogP contribution in [0.2, 0.25) is 5.02 Å². The molecule has 0 saturated carbocycles. The Hall–Kier alpha value is -1.71. The average molecular weight is 261 g/mol. The molecule has 0 radical (unpaired) electrons. The van der Waals surface area contributed by atoms with Crippen molar-refractivity contribution in [1.29, 1.82) is 0 Å². The largest absolute Gasteiger partial charge is 0.472 e.